The molecule has 0 bridgehead atoms. The normalized spacial score (nSPS) is 10.1. The first-order valence-electron chi connectivity index (χ1n) is 7.95. The second kappa shape index (κ2) is 9.00. The Labute approximate surface area is 157 Å². The first-order valence-corrected chi connectivity index (χ1v) is 8.36. The Morgan fingerprint density at radius 3 is 2.54 bits per heavy atom. The number of thiocarbonyl (C=S) groups is 1. The summed E-state index contributed by atoms with van der Waals surface area (Å²) in [6.07, 6.45) is 0.732. The molecule has 0 radical (unpaired) electrons. The van der Waals surface area contributed by atoms with Gasteiger partial charge in [0, 0.05) is 23.9 Å². The van der Waals surface area contributed by atoms with E-state index in [-0.39, 0.29) is 5.69 Å². The van der Waals surface area contributed by atoms with E-state index in [9.17, 15) is 10.1 Å². The average Bonchev–Trinajstić information content (AvgIpc) is 2.62. The highest BCUT2D eigenvalue weighted by Gasteiger charge is 2.11. The fraction of sp³-hybridized carbons (Fsp3) is 0.278. The molecule has 0 atom stereocenters. The molecular weight excluding hydrogens is 354 g/mol. The lowest BCUT2D eigenvalue weighted by Crippen LogP contribution is -2.30. The fourth-order valence-corrected chi connectivity index (χ4v) is 2.64. The third kappa shape index (κ3) is 5.06. The van der Waals surface area contributed by atoms with Crippen molar-refractivity contribution in [3.63, 3.8) is 0 Å². The molecule has 138 valence electrons. The van der Waals surface area contributed by atoms with E-state index in [4.69, 9.17) is 21.7 Å². The van der Waals surface area contributed by atoms with Crippen LogP contribution in [0, 0.1) is 17.0 Å². The number of nitro groups is 1. The van der Waals surface area contributed by atoms with Crippen molar-refractivity contribution in [1.29, 1.82) is 0 Å². The van der Waals surface area contributed by atoms with Crippen LogP contribution in [0.1, 0.15) is 11.1 Å². The van der Waals surface area contributed by atoms with Gasteiger partial charge in [-0.2, -0.15) is 0 Å². The summed E-state index contributed by atoms with van der Waals surface area (Å²) in [7, 11) is 3.19. The van der Waals surface area contributed by atoms with Crippen LogP contribution in [0.3, 0.4) is 0 Å². The van der Waals surface area contributed by atoms with E-state index in [0.29, 0.717) is 34.4 Å². The zero-order valence-electron chi connectivity index (χ0n) is 14.9. The first kappa shape index (κ1) is 19.5. The number of hydrogen-bond donors (Lipinski definition) is 2. The minimum atomic E-state index is -0.409. The third-order valence-corrected chi connectivity index (χ3v) is 4.06. The van der Waals surface area contributed by atoms with Gasteiger partial charge in [-0.3, -0.25) is 10.1 Å². The Morgan fingerprint density at radius 1 is 1.15 bits per heavy atom. The van der Waals surface area contributed by atoms with Gasteiger partial charge < -0.3 is 20.1 Å². The summed E-state index contributed by atoms with van der Waals surface area (Å²) in [6.45, 7) is 2.30. The first-order chi connectivity index (χ1) is 12.4. The highest BCUT2D eigenvalue weighted by Crippen LogP contribution is 2.27. The maximum absolute atomic E-state index is 11.0. The van der Waals surface area contributed by atoms with Crippen LogP contribution in [0.2, 0.25) is 0 Å². The van der Waals surface area contributed by atoms with Crippen LogP contribution in [0.15, 0.2) is 36.4 Å². The number of rotatable bonds is 7. The van der Waals surface area contributed by atoms with Crippen molar-refractivity contribution in [2.45, 2.75) is 13.3 Å². The Morgan fingerprint density at radius 2 is 1.88 bits per heavy atom. The van der Waals surface area contributed by atoms with Gasteiger partial charge in [-0.25, -0.2) is 0 Å². The number of methoxy groups -OCH3 is 2. The number of ether oxygens (including phenoxy) is 2. The van der Waals surface area contributed by atoms with E-state index in [1.165, 1.54) is 6.07 Å². The monoisotopic (exact) mass is 375 g/mol. The maximum atomic E-state index is 11.0. The summed E-state index contributed by atoms with van der Waals surface area (Å²) in [5.74, 6) is 1.36. The largest absolute Gasteiger partial charge is 0.493 e. The van der Waals surface area contributed by atoms with Gasteiger partial charge in [-0.05, 0) is 49.3 Å². The van der Waals surface area contributed by atoms with Gasteiger partial charge in [-0.15, -0.1) is 0 Å². The van der Waals surface area contributed by atoms with E-state index < -0.39 is 4.92 Å². The molecule has 0 unspecified atom stereocenters. The van der Waals surface area contributed by atoms with Crippen molar-refractivity contribution in [1.82, 2.24) is 5.32 Å². The van der Waals surface area contributed by atoms with Crippen molar-refractivity contribution in [3.05, 3.63) is 57.6 Å². The standard InChI is InChI=1S/C18H21N3O4S/c1-12-4-6-14(11-15(12)21(22)23)20-18(26)19-9-8-13-5-7-16(24-2)17(10-13)25-3/h4-7,10-11H,8-9H2,1-3H3,(H2,19,20,26). The second-order valence-electron chi connectivity index (χ2n) is 5.58. The Kier molecular flexibility index (Phi) is 6.74. The Hall–Kier alpha value is -2.87. The summed E-state index contributed by atoms with van der Waals surface area (Å²) < 4.78 is 10.5. The van der Waals surface area contributed by atoms with Crippen molar-refractivity contribution in [3.8, 4) is 11.5 Å². The van der Waals surface area contributed by atoms with Gasteiger partial charge in [0.15, 0.2) is 16.6 Å². The molecule has 26 heavy (non-hydrogen) atoms. The molecule has 0 aliphatic rings. The van der Waals surface area contributed by atoms with Gasteiger partial charge >= 0.3 is 0 Å². The molecule has 2 aromatic rings. The molecule has 0 heterocycles. The lowest BCUT2D eigenvalue weighted by molar-refractivity contribution is -0.385. The van der Waals surface area contributed by atoms with Crippen LogP contribution >= 0.6 is 12.2 Å². The molecule has 0 fully saturated rings. The molecule has 0 aliphatic carbocycles. The van der Waals surface area contributed by atoms with Crippen LogP contribution in [0.25, 0.3) is 0 Å². The summed E-state index contributed by atoms with van der Waals surface area (Å²) in [6, 6.07) is 10.6. The highest BCUT2D eigenvalue weighted by molar-refractivity contribution is 7.80. The van der Waals surface area contributed by atoms with E-state index in [1.807, 2.05) is 18.2 Å². The molecule has 0 aliphatic heterocycles. The maximum Gasteiger partial charge on any atom is 0.274 e. The highest BCUT2D eigenvalue weighted by atomic mass is 32.1. The van der Waals surface area contributed by atoms with Crippen molar-refractivity contribution < 1.29 is 14.4 Å². The van der Waals surface area contributed by atoms with Crippen LogP contribution in [-0.4, -0.2) is 30.8 Å². The second-order valence-corrected chi connectivity index (χ2v) is 5.99. The van der Waals surface area contributed by atoms with Crippen molar-refractivity contribution in [2.75, 3.05) is 26.1 Å². The van der Waals surface area contributed by atoms with E-state index >= 15 is 0 Å². The predicted octanol–water partition coefficient (Wildman–Crippen LogP) is 3.45. The fourth-order valence-electron chi connectivity index (χ4n) is 2.42. The number of anilines is 1. The molecule has 0 aromatic heterocycles. The number of hydrogen-bond acceptors (Lipinski definition) is 5. The van der Waals surface area contributed by atoms with Crippen molar-refractivity contribution >= 4 is 28.7 Å². The van der Waals surface area contributed by atoms with E-state index in [0.717, 1.165) is 12.0 Å². The molecular formula is C18H21N3O4S. The Bertz CT molecular complexity index is 811. The van der Waals surface area contributed by atoms with Gasteiger partial charge in [0.25, 0.3) is 5.69 Å². The summed E-state index contributed by atoms with van der Waals surface area (Å²) >= 11 is 5.24. The molecule has 8 heteroatoms. The number of nitrogens with zero attached hydrogens (tertiary/aromatic N) is 1. The van der Waals surface area contributed by atoms with Crippen LogP contribution in [-0.2, 0) is 6.42 Å². The Balaban J connectivity index is 1.89. The summed E-state index contributed by atoms with van der Waals surface area (Å²) in [4.78, 5) is 10.6. The van der Waals surface area contributed by atoms with Crippen LogP contribution in [0.4, 0.5) is 11.4 Å². The molecule has 0 saturated carbocycles. The zero-order chi connectivity index (χ0) is 19.1. The molecule has 7 nitrogen and oxygen atoms in total. The quantitative estimate of drug-likeness (QED) is 0.435. The number of aryl methyl sites for hydroxylation is 1. The molecule has 2 rings (SSSR count). The molecule has 0 spiro atoms. The third-order valence-electron chi connectivity index (χ3n) is 3.81. The van der Waals surface area contributed by atoms with E-state index in [1.54, 1.807) is 33.3 Å². The topological polar surface area (TPSA) is 85.7 Å². The van der Waals surface area contributed by atoms with Gasteiger partial charge in [-0.1, -0.05) is 12.1 Å². The summed E-state index contributed by atoms with van der Waals surface area (Å²) in [5.41, 5.74) is 2.31. The lowest BCUT2D eigenvalue weighted by Gasteiger charge is -2.12. The van der Waals surface area contributed by atoms with Crippen LogP contribution in [0.5, 0.6) is 11.5 Å². The van der Waals surface area contributed by atoms with Gasteiger partial charge in [0.05, 0.1) is 19.1 Å². The molecule has 2 N–H and O–H groups in total. The zero-order valence-corrected chi connectivity index (χ0v) is 15.7. The summed E-state index contributed by atoms with van der Waals surface area (Å²) in [5, 5.41) is 17.5. The van der Waals surface area contributed by atoms with Crippen molar-refractivity contribution in [2.24, 2.45) is 0 Å². The minimum absolute atomic E-state index is 0.0585. The van der Waals surface area contributed by atoms with Gasteiger partial charge in [0.1, 0.15) is 0 Å². The van der Waals surface area contributed by atoms with Crippen LogP contribution < -0.4 is 20.1 Å². The molecule has 2 aromatic carbocycles. The average molecular weight is 375 g/mol. The number of nitro benzene ring substituents is 1. The lowest BCUT2D eigenvalue weighted by atomic mass is 10.1. The molecule has 0 amide bonds. The number of benzene rings is 2. The molecule has 0 saturated heterocycles. The number of nitrogens with one attached hydrogen (secondary N) is 2. The SMILES string of the molecule is COc1ccc(CCNC(=S)Nc2ccc(C)c([N+](=O)[O-])c2)cc1OC. The van der Waals surface area contributed by atoms with E-state index in [2.05, 4.69) is 10.6 Å². The predicted molar refractivity (Wildman–Crippen MR) is 105 cm³/mol. The minimum Gasteiger partial charge on any atom is -0.493 e. The smallest absolute Gasteiger partial charge is 0.274 e. The van der Waals surface area contributed by atoms with Gasteiger partial charge in [0.2, 0.25) is 0 Å².